The molecule has 2 aliphatic heterocycles. The number of ether oxygens (including phenoxy) is 1. The highest BCUT2D eigenvalue weighted by atomic mass is 19.3. The second kappa shape index (κ2) is 14.1. The maximum absolute atomic E-state index is 15.2. The number of carbonyl (C=O) groups is 2. The molecule has 7 nitrogen and oxygen atoms in total. The summed E-state index contributed by atoms with van der Waals surface area (Å²) in [6.45, 7) is 9.11. The maximum atomic E-state index is 15.2. The van der Waals surface area contributed by atoms with Crippen LogP contribution in [-0.4, -0.2) is 77.1 Å². The summed E-state index contributed by atoms with van der Waals surface area (Å²) in [6.07, 6.45) is 2.18. The lowest BCUT2D eigenvalue weighted by Crippen LogP contribution is -2.60. The third-order valence-corrected chi connectivity index (χ3v) is 10.00. The van der Waals surface area contributed by atoms with Gasteiger partial charge in [0.05, 0.1) is 5.92 Å². The molecule has 1 aromatic heterocycles. The number of hydrogen-bond acceptors (Lipinski definition) is 6. The number of aromatic nitrogens is 1. The Morgan fingerprint density at radius 3 is 2.41 bits per heavy atom. The van der Waals surface area contributed by atoms with Gasteiger partial charge in [-0.25, -0.2) is 22.5 Å². The third kappa shape index (κ3) is 7.77. The Morgan fingerprint density at radius 2 is 1.73 bits per heavy atom. The molecular weight excluding hydrogens is 636 g/mol. The summed E-state index contributed by atoms with van der Waals surface area (Å²) >= 11 is 0. The fourth-order valence-corrected chi connectivity index (χ4v) is 7.59. The summed E-state index contributed by atoms with van der Waals surface area (Å²) < 4.78 is 61.3. The topological polar surface area (TPSA) is 66.0 Å². The summed E-state index contributed by atoms with van der Waals surface area (Å²) in [5, 5.41) is 0. The standard InChI is InChI=1S/C38H44F4N4O3/c1-23-20-44(33(37(48)49-38(2,3)4)17-24-8-9-25-6-5-7-26(25)16-24)14-15-46(23)36(47)31-22-45(34-13-10-27(19-43-34)35(41)42)21-30(31)29-12-11-28(39)18-32(29)40/h8-13,16,18-19,23,30-31,33,35H,5-7,14-15,17,20-22H2,1-4H3/t23-,30-,31+,33-/m0/s1. The Kier molecular flexibility index (Phi) is 10.0. The van der Waals surface area contributed by atoms with Crippen molar-refractivity contribution in [1.29, 1.82) is 0 Å². The second-order valence-electron chi connectivity index (χ2n) is 14.6. The predicted octanol–water partition coefficient (Wildman–Crippen LogP) is 6.49. The van der Waals surface area contributed by atoms with Crippen LogP contribution in [0.5, 0.6) is 0 Å². The molecule has 0 spiro atoms. The summed E-state index contributed by atoms with van der Waals surface area (Å²) in [5.74, 6) is -2.86. The van der Waals surface area contributed by atoms with Crippen molar-refractivity contribution in [3.8, 4) is 0 Å². The van der Waals surface area contributed by atoms with Gasteiger partial charge >= 0.3 is 5.97 Å². The first-order valence-corrected chi connectivity index (χ1v) is 17.1. The van der Waals surface area contributed by atoms with Gasteiger partial charge in [-0.05, 0) is 93.8 Å². The van der Waals surface area contributed by atoms with Crippen LogP contribution in [0.3, 0.4) is 0 Å². The van der Waals surface area contributed by atoms with Gasteiger partial charge in [0.2, 0.25) is 5.91 Å². The number of amides is 1. The quantitative estimate of drug-likeness (QED) is 0.200. The number of nitrogens with zero attached hydrogens (tertiary/aromatic N) is 4. The number of pyridine rings is 1. The molecule has 4 atom stereocenters. The summed E-state index contributed by atoms with van der Waals surface area (Å²) in [4.78, 5) is 37.9. The number of anilines is 1. The fourth-order valence-electron chi connectivity index (χ4n) is 7.59. The number of benzene rings is 2. The minimum Gasteiger partial charge on any atom is -0.459 e. The van der Waals surface area contributed by atoms with Crippen molar-refractivity contribution >= 4 is 17.7 Å². The van der Waals surface area contributed by atoms with Gasteiger partial charge in [0.15, 0.2) is 0 Å². The number of piperazine rings is 1. The Balaban J connectivity index is 1.22. The second-order valence-corrected chi connectivity index (χ2v) is 14.6. The first-order valence-electron chi connectivity index (χ1n) is 17.1. The molecular formula is C38H44F4N4O3. The molecule has 3 heterocycles. The van der Waals surface area contributed by atoms with Crippen molar-refractivity contribution < 1.29 is 31.9 Å². The number of rotatable bonds is 8. The third-order valence-electron chi connectivity index (χ3n) is 10.00. The van der Waals surface area contributed by atoms with E-state index < -0.39 is 41.5 Å². The molecule has 0 N–H and O–H groups in total. The zero-order valence-electron chi connectivity index (χ0n) is 28.5. The molecule has 0 unspecified atom stereocenters. The Bertz CT molecular complexity index is 1680. The van der Waals surface area contributed by atoms with Gasteiger partial charge < -0.3 is 14.5 Å². The van der Waals surface area contributed by atoms with Crippen LogP contribution in [0.2, 0.25) is 0 Å². The first-order chi connectivity index (χ1) is 23.3. The number of aryl methyl sites for hydroxylation is 2. The van der Waals surface area contributed by atoms with Gasteiger partial charge in [0.25, 0.3) is 6.43 Å². The van der Waals surface area contributed by atoms with E-state index in [1.165, 1.54) is 35.4 Å². The molecule has 2 aromatic carbocycles. The van der Waals surface area contributed by atoms with Gasteiger partial charge in [-0.2, -0.15) is 0 Å². The zero-order valence-corrected chi connectivity index (χ0v) is 28.5. The van der Waals surface area contributed by atoms with E-state index in [0.29, 0.717) is 31.9 Å². The average molecular weight is 681 g/mol. The molecule has 0 saturated carbocycles. The van der Waals surface area contributed by atoms with Gasteiger partial charge in [-0.3, -0.25) is 14.5 Å². The molecule has 6 rings (SSSR count). The zero-order chi connectivity index (χ0) is 35.0. The molecule has 1 amide bonds. The van der Waals surface area contributed by atoms with E-state index in [1.54, 1.807) is 9.80 Å². The van der Waals surface area contributed by atoms with E-state index in [1.807, 2.05) is 27.7 Å². The number of alkyl halides is 2. The first kappa shape index (κ1) is 34.9. The molecule has 3 aromatic rings. The Labute approximate surface area is 285 Å². The van der Waals surface area contributed by atoms with Crippen LogP contribution in [0.25, 0.3) is 0 Å². The van der Waals surface area contributed by atoms with E-state index >= 15 is 4.39 Å². The highest BCUT2D eigenvalue weighted by molar-refractivity contribution is 5.82. The van der Waals surface area contributed by atoms with Crippen LogP contribution in [0, 0.1) is 17.6 Å². The Hall–Kier alpha value is -3.99. The number of fused-ring (bicyclic) bond motifs is 1. The van der Waals surface area contributed by atoms with Crippen LogP contribution in [0.1, 0.15) is 74.3 Å². The van der Waals surface area contributed by atoms with E-state index in [9.17, 15) is 22.8 Å². The van der Waals surface area contributed by atoms with Crippen LogP contribution in [0.15, 0.2) is 54.7 Å². The number of esters is 1. The molecule has 49 heavy (non-hydrogen) atoms. The highest BCUT2D eigenvalue weighted by Gasteiger charge is 2.45. The van der Waals surface area contributed by atoms with E-state index in [4.69, 9.17) is 4.74 Å². The number of halogens is 4. The highest BCUT2D eigenvalue weighted by Crippen LogP contribution is 2.38. The van der Waals surface area contributed by atoms with Crippen molar-refractivity contribution in [3.63, 3.8) is 0 Å². The minimum atomic E-state index is -2.67. The lowest BCUT2D eigenvalue weighted by atomic mass is 9.87. The number of carbonyl (C=O) groups excluding carboxylic acids is 2. The van der Waals surface area contributed by atoms with Crippen molar-refractivity contribution in [2.24, 2.45) is 5.92 Å². The summed E-state index contributed by atoms with van der Waals surface area (Å²) in [6, 6.07) is 11.8. The smallest absolute Gasteiger partial charge is 0.324 e. The normalized spacial score (nSPS) is 22.0. The van der Waals surface area contributed by atoms with Gasteiger partial charge in [-0.15, -0.1) is 0 Å². The van der Waals surface area contributed by atoms with Crippen molar-refractivity contribution in [1.82, 2.24) is 14.8 Å². The van der Waals surface area contributed by atoms with Crippen molar-refractivity contribution in [3.05, 3.63) is 94.2 Å². The summed E-state index contributed by atoms with van der Waals surface area (Å²) in [5.41, 5.74) is 3.12. The average Bonchev–Trinajstić information content (AvgIpc) is 3.70. The van der Waals surface area contributed by atoms with Gasteiger partial charge in [0.1, 0.15) is 29.1 Å². The van der Waals surface area contributed by atoms with E-state index in [2.05, 4.69) is 28.1 Å². The SMILES string of the molecule is C[C@H]1CN([C@@H](Cc2ccc3c(c2)CCC3)C(=O)OC(C)(C)C)CCN1C(=O)[C@@H]1CN(c2ccc(C(F)F)cn2)C[C@H]1c1ccc(F)cc1F. The van der Waals surface area contributed by atoms with Crippen molar-refractivity contribution in [2.45, 2.75) is 83.4 Å². The van der Waals surface area contributed by atoms with Crippen LogP contribution in [-0.2, 0) is 33.6 Å². The maximum Gasteiger partial charge on any atom is 0.324 e. The summed E-state index contributed by atoms with van der Waals surface area (Å²) in [7, 11) is 0. The largest absolute Gasteiger partial charge is 0.459 e. The monoisotopic (exact) mass is 680 g/mol. The number of hydrogen-bond donors (Lipinski definition) is 0. The molecule has 3 aliphatic rings. The molecule has 0 radical (unpaired) electrons. The van der Waals surface area contributed by atoms with E-state index in [-0.39, 0.29) is 42.1 Å². The van der Waals surface area contributed by atoms with Crippen LogP contribution < -0.4 is 4.90 Å². The minimum absolute atomic E-state index is 0.181. The molecule has 11 heteroatoms. The lowest BCUT2D eigenvalue weighted by molar-refractivity contribution is -0.163. The lowest BCUT2D eigenvalue weighted by Gasteiger charge is -2.44. The van der Waals surface area contributed by atoms with Crippen molar-refractivity contribution in [2.75, 3.05) is 37.6 Å². The molecule has 262 valence electrons. The molecule has 2 fully saturated rings. The molecule has 2 saturated heterocycles. The molecule has 0 bridgehead atoms. The van der Waals surface area contributed by atoms with E-state index in [0.717, 1.165) is 37.1 Å². The van der Waals surface area contributed by atoms with Gasteiger partial charge in [-0.1, -0.05) is 24.3 Å². The Morgan fingerprint density at radius 1 is 0.959 bits per heavy atom. The van der Waals surface area contributed by atoms with Crippen LogP contribution >= 0.6 is 0 Å². The fraction of sp³-hybridized carbons (Fsp3) is 0.500. The van der Waals surface area contributed by atoms with Gasteiger partial charge in [0, 0.05) is 62.5 Å². The molecule has 1 aliphatic carbocycles. The predicted molar refractivity (Wildman–Crippen MR) is 179 cm³/mol. The van der Waals surface area contributed by atoms with Crippen LogP contribution in [0.4, 0.5) is 23.4 Å².